The fraction of sp³-hybridized carbons (Fsp3) is 0.237. The minimum Gasteiger partial charge on any atom is -0.497 e. The minimum absolute atomic E-state index is 0.418. The van der Waals surface area contributed by atoms with E-state index in [9.17, 15) is 4.79 Å². The van der Waals surface area contributed by atoms with Crippen LogP contribution >= 0.6 is 0 Å². The molecule has 0 fully saturated rings. The van der Waals surface area contributed by atoms with Crippen molar-refractivity contribution in [3.63, 3.8) is 0 Å². The second kappa shape index (κ2) is 14.0. The maximum Gasteiger partial charge on any atom is 0.343 e. The standard InChI is InChI=1S/C38H39NO5/c1-6-7-14-29(39-24-31-15-11-18-43-31)22-34-26(3)33(32-17-16-30(41-4)23-35(32)34)20-27-19-25(2)37(36(21-27)42-5)44-38(40)28-12-9-8-10-13-28/h8-21,23,39H,6-7,22,24H2,1-5H3/b29-14+,33-20-. The molecule has 0 saturated heterocycles. The first kappa shape index (κ1) is 30.5. The molecule has 3 aromatic carbocycles. The number of furan rings is 1. The summed E-state index contributed by atoms with van der Waals surface area (Å²) in [6.07, 6.45) is 8.97. The Morgan fingerprint density at radius 2 is 1.75 bits per heavy atom. The first-order valence-corrected chi connectivity index (χ1v) is 14.9. The van der Waals surface area contributed by atoms with E-state index in [1.807, 2.05) is 55.5 Å². The highest BCUT2D eigenvalue weighted by Crippen LogP contribution is 2.46. The van der Waals surface area contributed by atoms with Crippen LogP contribution in [0.5, 0.6) is 17.2 Å². The van der Waals surface area contributed by atoms with E-state index in [1.165, 1.54) is 11.1 Å². The molecule has 226 valence electrons. The number of ether oxygens (including phenoxy) is 3. The zero-order chi connectivity index (χ0) is 31.1. The SMILES string of the molecule is CCC/C=C(\CC1=C(C)/C(=C/c2cc(C)c(OC(=O)c3ccccc3)c(OC)c2)c2ccc(OC)cc21)NCc1ccco1. The van der Waals surface area contributed by atoms with Crippen LogP contribution < -0.4 is 19.5 Å². The van der Waals surface area contributed by atoms with Gasteiger partial charge in [-0.05, 0) is 114 Å². The third kappa shape index (κ3) is 6.81. The van der Waals surface area contributed by atoms with Gasteiger partial charge in [-0.15, -0.1) is 0 Å². The lowest BCUT2D eigenvalue weighted by atomic mass is 9.99. The number of rotatable bonds is 12. The number of carbonyl (C=O) groups excluding carboxylic acids is 1. The monoisotopic (exact) mass is 589 g/mol. The molecular formula is C38H39NO5. The number of unbranched alkanes of at least 4 members (excludes halogenated alkanes) is 1. The van der Waals surface area contributed by atoms with Crippen LogP contribution in [0.4, 0.5) is 0 Å². The molecular weight excluding hydrogens is 550 g/mol. The lowest BCUT2D eigenvalue weighted by Gasteiger charge is -2.14. The number of esters is 1. The molecule has 6 nitrogen and oxygen atoms in total. The number of hydrogen-bond donors (Lipinski definition) is 1. The molecule has 1 N–H and O–H groups in total. The van der Waals surface area contributed by atoms with Gasteiger partial charge in [-0.25, -0.2) is 4.79 Å². The predicted octanol–water partition coefficient (Wildman–Crippen LogP) is 9.02. The lowest BCUT2D eigenvalue weighted by Crippen LogP contribution is -2.13. The number of carbonyl (C=O) groups is 1. The van der Waals surface area contributed by atoms with E-state index in [4.69, 9.17) is 18.6 Å². The summed E-state index contributed by atoms with van der Waals surface area (Å²) < 4.78 is 22.7. The molecule has 1 aliphatic carbocycles. The van der Waals surface area contributed by atoms with Gasteiger partial charge in [0.25, 0.3) is 0 Å². The Hall–Kier alpha value is -4.97. The molecule has 1 aliphatic rings. The number of aryl methyl sites for hydroxylation is 1. The Bertz CT molecular complexity index is 1710. The van der Waals surface area contributed by atoms with Crippen molar-refractivity contribution in [1.82, 2.24) is 5.32 Å². The molecule has 1 aromatic heterocycles. The number of benzene rings is 3. The number of hydrogen-bond acceptors (Lipinski definition) is 6. The molecule has 0 atom stereocenters. The second-order valence-electron chi connectivity index (χ2n) is 10.8. The van der Waals surface area contributed by atoms with Gasteiger partial charge >= 0.3 is 5.97 Å². The van der Waals surface area contributed by atoms with Crippen LogP contribution in [0.2, 0.25) is 0 Å². The van der Waals surface area contributed by atoms with E-state index < -0.39 is 5.97 Å². The average molecular weight is 590 g/mol. The van der Waals surface area contributed by atoms with Crippen LogP contribution in [-0.2, 0) is 6.54 Å². The Labute approximate surface area is 259 Å². The van der Waals surface area contributed by atoms with E-state index in [-0.39, 0.29) is 0 Å². The summed E-state index contributed by atoms with van der Waals surface area (Å²) in [5.41, 5.74) is 9.29. The quantitative estimate of drug-likeness (QED) is 0.131. The lowest BCUT2D eigenvalue weighted by molar-refractivity contribution is 0.0728. The summed E-state index contributed by atoms with van der Waals surface area (Å²) in [5.74, 6) is 2.21. The van der Waals surface area contributed by atoms with Crippen molar-refractivity contribution < 1.29 is 23.4 Å². The van der Waals surface area contributed by atoms with E-state index >= 15 is 0 Å². The highest BCUT2D eigenvalue weighted by molar-refractivity contribution is 6.06. The van der Waals surface area contributed by atoms with Crippen molar-refractivity contribution >= 4 is 23.2 Å². The van der Waals surface area contributed by atoms with Gasteiger partial charge in [0.1, 0.15) is 11.5 Å². The number of nitrogens with one attached hydrogen (secondary N) is 1. The van der Waals surface area contributed by atoms with Crippen molar-refractivity contribution in [1.29, 1.82) is 0 Å². The normalized spacial score (nSPS) is 13.7. The minimum atomic E-state index is -0.423. The fourth-order valence-electron chi connectivity index (χ4n) is 5.47. The van der Waals surface area contributed by atoms with Gasteiger partial charge in [0, 0.05) is 12.1 Å². The first-order valence-electron chi connectivity index (χ1n) is 14.9. The molecule has 0 radical (unpaired) electrons. The third-order valence-electron chi connectivity index (χ3n) is 7.81. The third-order valence-corrected chi connectivity index (χ3v) is 7.81. The summed E-state index contributed by atoms with van der Waals surface area (Å²) in [6.45, 7) is 6.92. The highest BCUT2D eigenvalue weighted by atomic mass is 16.6. The van der Waals surface area contributed by atoms with E-state index in [0.29, 0.717) is 23.6 Å². The van der Waals surface area contributed by atoms with Gasteiger partial charge in [0.15, 0.2) is 11.5 Å². The Morgan fingerprint density at radius 3 is 2.45 bits per heavy atom. The topological polar surface area (TPSA) is 69.9 Å². The van der Waals surface area contributed by atoms with Gasteiger partial charge in [0.2, 0.25) is 0 Å². The van der Waals surface area contributed by atoms with E-state index in [2.05, 4.69) is 43.4 Å². The Balaban J connectivity index is 1.50. The number of methoxy groups -OCH3 is 2. The molecule has 0 amide bonds. The van der Waals surface area contributed by atoms with Gasteiger partial charge in [-0.2, -0.15) is 0 Å². The van der Waals surface area contributed by atoms with E-state index in [0.717, 1.165) is 64.3 Å². The Morgan fingerprint density at radius 1 is 0.932 bits per heavy atom. The van der Waals surface area contributed by atoms with Crippen LogP contribution in [0.1, 0.15) is 71.5 Å². The fourth-order valence-corrected chi connectivity index (χ4v) is 5.47. The van der Waals surface area contributed by atoms with Crippen molar-refractivity contribution in [2.45, 2.75) is 46.6 Å². The summed E-state index contributed by atoms with van der Waals surface area (Å²) in [7, 11) is 3.29. The summed E-state index contributed by atoms with van der Waals surface area (Å²) >= 11 is 0. The molecule has 44 heavy (non-hydrogen) atoms. The van der Waals surface area contributed by atoms with E-state index in [1.54, 1.807) is 32.6 Å². The number of allylic oxidation sites excluding steroid dienone is 4. The number of fused-ring (bicyclic) bond motifs is 1. The average Bonchev–Trinajstić information content (AvgIpc) is 3.66. The summed E-state index contributed by atoms with van der Waals surface area (Å²) in [6, 6.07) is 23.0. The Kier molecular flexibility index (Phi) is 9.70. The van der Waals surface area contributed by atoms with Crippen molar-refractivity contribution in [3.05, 3.63) is 130 Å². The van der Waals surface area contributed by atoms with Crippen LogP contribution in [0.25, 0.3) is 17.2 Å². The predicted molar refractivity (Wildman–Crippen MR) is 176 cm³/mol. The molecule has 0 bridgehead atoms. The van der Waals surface area contributed by atoms with Crippen LogP contribution in [-0.4, -0.2) is 20.2 Å². The molecule has 0 aliphatic heterocycles. The molecule has 4 aromatic rings. The zero-order valence-corrected chi connectivity index (χ0v) is 26.0. The van der Waals surface area contributed by atoms with Gasteiger partial charge in [0.05, 0.1) is 32.6 Å². The van der Waals surface area contributed by atoms with Gasteiger partial charge in [-0.1, -0.05) is 43.7 Å². The molecule has 0 unspecified atom stereocenters. The maximum absolute atomic E-state index is 12.8. The smallest absolute Gasteiger partial charge is 0.343 e. The van der Waals surface area contributed by atoms with Crippen molar-refractivity contribution in [3.8, 4) is 17.2 Å². The van der Waals surface area contributed by atoms with Crippen molar-refractivity contribution in [2.75, 3.05) is 14.2 Å². The molecule has 5 rings (SSSR count). The molecule has 0 spiro atoms. The van der Waals surface area contributed by atoms with Crippen LogP contribution in [0.3, 0.4) is 0 Å². The molecule has 0 saturated carbocycles. The summed E-state index contributed by atoms with van der Waals surface area (Å²) in [5, 5.41) is 3.61. The van der Waals surface area contributed by atoms with Gasteiger partial charge < -0.3 is 23.9 Å². The zero-order valence-electron chi connectivity index (χ0n) is 26.0. The first-order chi connectivity index (χ1) is 21.4. The molecule has 6 heteroatoms. The molecule has 1 heterocycles. The van der Waals surface area contributed by atoms with Crippen LogP contribution in [0.15, 0.2) is 101 Å². The maximum atomic E-state index is 12.8. The van der Waals surface area contributed by atoms with Crippen LogP contribution in [0, 0.1) is 6.92 Å². The second-order valence-corrected chi connectivity index (χ2v) is 10.8. The van der Waals surface area contributed by atoms with Gasteiger partial charge in [-0.3, -0.25) is 0 Å². The largest absolute Gasteiger partial charge is 0.497 e. The van der Waals surface area contributed by atoms with Crippen molar-refractivity contribution in [2.24, 2.45) is 0 Å². The summed E-state index contributed by atoms with van der Waals surface area (Å²) in [4.78, 5) is 12.8. The highest BCUT2D eigenvalue weighted by Gasteiger charge is 2.25.